The zero-order valence-electron chi connectivity index (χ0n) is 23.9. The van der Waals surface area contributed by atoms with E-state index in [2.05, 4.69) is 32.5 Å². The summed E-state index contributed by atoms with van der Waals surface area (Å²) in [6, 6.07) is 15.5. The number of rotatable bonds is 12. The van der Waals surface area contributed by atoms with Gasteiger partial charge in [-0.15, -0.1) is 0 Å². The average molecular weight is 606 g/mol. The second-order valence-corrected chi connectivity index (χ2v) is 10.5. The molecule has 1 saturated heterocycles. The quantitative estimate of drug-likeness (QED) is 0.176. The van der Waals surface area contributed by atoms with E-state index in [1.54, 1.807) is 44.6 Å². The molecule has 224 valence electrons. The molecule has 1 fully saturated rings. The third-order valence-corrected chi connectivity index (χ3v) is 7.83. The standard InChI is InChI=1S/C32H33ClFN5O4/c1-4-28(40)39-31-23(12-13-41-2)24(16-35-31)22-9-11-27-29(30(22)42-3)32(37-18-36-27)38-26-10-8-21(15-25(26)33)43-17-19-6-5-7-20(34)14-19/h4-11,14-15,18,23-24,31,35H,1,12-13,16-17H2,2-3H3,(H,39,40)(H,36,37,38)/t23-,24+,31-/m1/s1. The highest BCUT2D eigenvalue weighted by atomic mass is 35.5. The number of aromatic nitrogens is 2. The first-order valence-electron chi connectivity index (χ1n) is 13.8. The fraction of sp³-hybridized carbons (Fsp3) is 0.281. The SMILES string of the molecule is C=CC(=O)N[C@H]1NC[C@@H](c2ccc3ncnc(Nc4ccc(OCc5cccc(F)c5)cc4Cl)c3c2OC)[C@H]1CCOC. The number of fused-ring (bicyclic) bond motifs is 1. The minimum atomic E-state index is -0.316. The third kappa shape index (κ3) is 6.88. The molecular formula is C32H33ClFN5O4. The molecule has 9 nitrogen and oxygen atoms in total. The van der Waals surface area contributed by atoms with Gasteiger partial charge in [0.15, 0.2) is 0 Å². The molecule has 11 heteroatoms. The average Bonchev–Trinajstić information content (AvgIpc) is 3.41. The van der Waals surface area contributed by atoms with Gasteiger partial charge < -0.3 is 24.8 Å². The first-order chi connectivity index (χ1) is 20.9. The van der Waals surface area contributed by atoms with Crippen molar-refractivity contribution in [2.24, 2.45) is 5.92 Å². The summed E-state index contributed by atoms with van der Waals surface area (Å²) in [5.74, 6) is 1.19. The van der Waals surface area contributed by atoms with Gasteiger partial charge in [0.2, 0.25) is 5.91 Å². The van der Waals surface area contributed by atoms with Crippen molar-refractivity contribution in [3.05, 3.63) is 95.5 Å². The van der Waals surface area contributed by atoms with Crippen LogP contribution in [-0.2, 0) is 16.1 Å². The largest absolute Gasteiger partial charge is 0.496 e. The Hall–Kier alpha value is -4.25. The molecule has 0 saturated carbocycles. The third-order valence-electron chi connectivity index (χ3n) is 7.52. The summed E-state index contributed by atoms with van der Waals surface area (Å²) in [7, 11) is 3.28. The predicted molar refractivity (Wildman–Crippen MR) is 164 cm³/mol. The van der Waals surface area contributed by atoms with E-state index in [4.69, 9.17) is 25.8 Å². The normalized spacial score (nSPS) is 17.9. The van der Waals surface area contributed by atoms with Crippen LogP contribution in [0.1, 0.15) is 23.5 Å². The van der Waals surface area contributed by atoms with Crippen LogP contribution >= 0.6 is 11.6 Å². The molecule has 2 heterocycles. The van der Waals surface area contributed by atoms with E-state index in [1.165, 1.54) is 24.5 Å². The maximum Gasteiger partial charge on any atom is 0.244 e. The van der Waals surface area contributed by atoms with Crippen molar-refractivity contribution >= 4 is 39.9 Å². The Bertz CT molecular complexity index is 1620. The van der Waals surface area contributed by atoms with Crippen LogP contribution in [-0.4, -0.2) is 49.4 Å². The molecule has 0 bridgehead atoms. The predicted octanol–water partition coefficient (Wildman–Crippen LogP) is 5.72. The number of halogens is 2. The monoisotopic (exact) mass is 605 g/mol. The van der Waals surface area contributed by atoms with Gasteiger partial charge in [0.05, 0.1) is 34.9 Å². The lowest BCUT2D eigenvalue weighted by atomic mass is 9.84. The first kappa shape index (κ1) is 30.2. The Balaban J connectivity index is 1.43. The topological polar surface area (TPSA) is 107 Å². The van der Waals surface area contributed by atoms with Crippen LogP contribution in [0, 0.1) is 11.7 Å². The van der Waals surface area contributed by atoms with Crippen LogP contribution in [0.3, 0.4) is 0 Å². The molecule has 0 radical (unpaired) electrons. The van der Waals surface area contributed by atoms with Gasteiger partial charge in [0, 0.05) is 38.2 Å². The lowest BCUT2D eigenvalue weighted by Gasteiger charge is -2.26. The van der Waals surface area contributed by atoms with Crippen LogP contribution in [0.15, 0.2) is 73.6 Å². The first-order valence-corrected chi connectivity index (χ1v) is 14.2. The van der Waals surface area contributed by atoms with Crippen molar-refractivity contribution in [2.45, 2.75) is 25.1 Å². The van der Waals surface area contributed by atoms with Gasteiger partial charge in [-0.25, -0.2) is 14.4 Å². The van der Waals surface area contributed by atoms with Crippen molar-refractivity contribution in [2.75, 3.05) is 32.7 Å². The van der Waals surface area contributed by atoms with Crippen molar-refractivity contribution in [1.82, 2.24) is 20.6 Å². The summed E-state index contributed by atoms with van der Waals surface area (Å²) in [4.78, 5) is 21.1. The van der Waals surface area contributed by atoms with Crippen LogP contribution in [0.2, 0.25) is 5.02 Å². The molecule has 4 aromatic rings. The minimum absolute atomic E-state index is 0.00998. The van der Waals surface area contributed by atoms with E-state index in [9.17, 15) is 9.18 Å². The smallest absolute Gasteiger partial charge is 0.244 e. The van der Waals surface area contributed by atoms with Crippen LogP contribution in [0.5, 0.6) is 11.5 Å². The summed E-state index contributed by atoms with van der Waals surface area (Å²) >= 11 is 6.64. The minimum Gasteiger partial charge on any atom is -0.496 e. The van der Waals surface area contributed by atoms with Gasteiger partial charge in [0.25, 0.3) is 0 Å². The number of carbonyl (C=O) groups is 1. The number of nitrogens with one attached hydrogen (secondary N) is 3. The lowest BCUT2D eigenvalue weighted by Crippen LogP contribution is -2.44. The van der Waals surface area contributed by atoms with E-state index in [0.717, 1.165) is 12.0 Å². The Labute approximate surface area is 254 Å². The van der Waals surface area contributed by atoms with Crippen LogP contribution in [0.4, 0.5) is 15.9 Å². The van der Waals surface area contributed by atoms with Crippen molar-refractivity contribution in [3.63, 3.8) is 0 Å². The lowest BCUT2D eigenvalue weighted by molar-refractivity contribution is -0.117. The Morgan fingerprint density at radius 1 is 1.19 bits per heavy atom. The second kappa shape index (κ2) is 13.8. The number of hydrogen-bond donors (Lipinski definition) is 3. The zero-order chi connectivity index (χ0) is 30.3. The molecule has 1 aromatic heterocycles. The van der Waals surface area contributed by atoms with Gasteiger partial charge in [-0.2, -0.15) is 0 Å². The fourth-order valence-corrected chi connectivity index (χ4v) is 5.69. The summed E-state index contributed by atoms with van der Waals surface area (Å²) in [5.41, 5.74) is 2.98. The van der Waals surface area contributed by atoms with E-state index in [-0.39, 0.29) is 36.3 Å². The molecule has 1 aliphatic rings. The fourth-order valence-electron chi connectivity index (χ4n) is 5.47. The van der Waals surface area contributed by atoms with E-state index >= 15 is 0 Å². The molecule has 3 atom stereocenters. The Morgan fingerprint density at radius 3 is 2.79 bits per heavy atom. The van der Waals surface area contributed by atoms with Crippen molar-refractivity contribution in [1.29, 1.82) is 0 Å². The summed E-state index contributed by atoms with van der Waals surface area (Å²) in [6.45, 7) is 4.94. The number of benzene rings is 3. The molecule has 1 aliphatic heterocycles. The van der Waals surface area contributed by atoms with Crippen molar-refractivity contribution < 1.29 is 23.4 Å². The summed E-state index contributed by atoms with van der Waals surface area (Å²) in [5, 5.41) is 10.9. The maximum atomic E-state index is 13.5. The number of nitrogens with zero attached hydrogens (tertiary/aromatic N) is 2. The molecule has 0 spiro atoms. The summed E-state index contributed by atoms with van der Waals surface area (Å²) < 4.78 is 30.7. The highest BCUT2D eigenvalue weighted by Crippen LogP contribution is 2.43. The molecule has 3 aromatic carbocycles. The maximum absolute atomic E-state index is 13.5. The Morgan fingerprint density at radius 2 is 2.05 bits per heavy atom. The molecule has 1 amide bonds. The highest BCUT2D eigenvalue weighted by Gasteiger charge is 2.39. The van der Waals surface area contributed by atoms with Gasteiger partial charge in [0.1, 0.15) is 36.1 Å². The molecule has 0 aliphatic carbocycles. The number of carbonyl (C=O) groups excluding carboxylic acids is 1. The number of amides is 1. The van der Waals surface area contributed by atoms with Crippen LogP contribution < -0.4 is 25.4 Å². The second-order valence-electron chi connectivity index (χ2n) is 10.1. The molecular weight excluding hydrogens is 573 g/mol. The number of hydrogen-bond acceptors (Lipinski definition) is 8. The van der Waals surface area contributed by atoms with Gasteiger partial charge in [-0.1, -0.05) is 36.4 Å². The molecule has 43 heavy (non-hydrogen) atoms. The molecule has 0 unspecified atom stereocenters. The molecule has 3 N–H and O–H groups in total. The van der Waals surface area contributed by atoms with E-state index < -0.39 is 0 Å². The van der Waals surface area contributed by atoms with E-state index in [0.29, 0.717) is 57.6 Å². The van der Waals surface area contributed by atoms with E-state index in [1.807, 2.05) is 12.1 Å². The van der Waals surface area contributed by atoms with Gasteiger partial charge in [-0.3, -0.25) is 10.1 Å². The molecule has 5 rings (SSSR count). The number of ether oxygens (including phenoxy) is 3. The highest BCUT2D eigenvalue weighted by molar-refractivity contribution is 6.33. The van der Waals surface area contributed by atoms with Crippen LogP contribution in [0.25, 0.3) is 10.9 Å². The number of methoxy groups -OCH3 is 2. The van der Waals surface area contributed by atoms with Gasteiger partial charge in [-0.05, 0) is 54.0 Å². The zero-order valence-corrected chi connectivity index (χ0v) is 24.7. The number of anilines is 2. The Kier molecular flexibility index (Phi) is 9.71. The summed E-state index contributed by atoms with van der Waals surface area (Å²) in [6.07, 6.45) is 3.21. The van der Waals surface area contributed by atoms with Crippen molar-refractivity contribution in [3.8, 4) is 11.5 Å². The van der Waals surface area contributed by atoms with Gasteiger partial charge >= 0.3 is 0 Å².